The summed E-state index contributed by atoms with van der Waals surface area (Å²) in [5.41, 5.74) is 5.63. The van der Waals surface area contributed by atoms with Crippen LogP contribution in [0.1, 0.15) is 75.7 Å². The second-order valence-electron chi connectivity index (χ2n) is 12.8. The van der Waals surface area contributed by atoms with Crippen LogP contribution in [0.3, 0.4) is 0 Å². The van der Waals surface area contributed by atoms with Crippen LogP contribution in [-0.4, -0.2) is 59.1 Å². The highest BCUT2D eigenvalue weighted by Crippen LogP contribution is 2.37. The first-order valence-corrected chi connectivity index (χ1v) is 13.0. The molecule has 0 aromatic carbocycles. The molecule has 1 fully saturated rings. The number of carbonyl (C=O) groups excluding carboxylic acids is 3. The summed E-state index contributed by atoms with van der Waals surface area (Å²) in [6.45, 7) is 18.4. The van der Waals surface area contributed by atoms with Crippen LogP contribution in [-0.2, 0) is 19.0 Å². The predicted octanol–water partition coefficient (Wildman–Crippen LogP) is 5.48. The van der Waals surface area contributed by atoms with E-state index in [9.17, 15) is 14.4 Å². The number of nitrogens with zero attached hydrogens (tertiary/aromatic N) is 5. The molecule has 0 aliphatic carbocycles. The number of piperidine rings is 1. The number of carbonyl (C=O) groups is 3. The Bertz CT molecular complexity index is 1070. The Balaban J connectivity index is 2.52. The predicted molar refractivity (Wildman–Crippen MR) is 146 cm³/mol. The van der Waals surface area contributed by atoms with Gasteiger partial charge in [0.15, 0.2) is 0 Å². The van der Waals surface area contributed by atoms with Crippen LogP contribution in [0, 0.1) is 17.4 Å². The smallest absolute Gasteiger partial charge is 0.424 e. The minimum Gasteiger partial charge on any atom is -0.460 e. The molecule has 1 aromatic rings. The molecule has 0 unspecified atom stereocenters. The quantitative estimate of drug-likeness (QED) is 0.220. The van der Waals surface area contributed by atoms with Gasteiger partial charge in [-0.15, -0.1) is 0 Å². The number of nitrogens with one attached hydrogen (secondary N) is 1. The van der Waals surface area contributed by atoms with Crippen molar-refractivity contribution >= 4 is 29.5 Å². The van der Waals surface area contributed by atoms with Gasteiger partial charge in [0.25, 0.3) is 0 Å². The topological polar surface area (TPSA) is 149 Å². The molecular formula is C27H43N6O6+. The lowest BCUT2D eigenvalue weighted by Gasteiger charge is -2.41. The van der Waals surface area contributed by atoms with Crippen LogP contribution < -0.4 is 14.7 Å². The fourth-order valence-electron chi connectivity index (χ4n) is 4.34. The maximum Gasteiger partial charge on any atom is 0.424 e. The number of imide groups is 1. The minimum atomic E-state index is -0.901. The molecule has 1 aromatic heterocycles. The average molecular weight is 548 g/mol. The van der Waals surface area contributed by atoms with Crippen molar-refractivity contribution in [1.29, 1.82) is 5.53 Å². The summed E-state index contributed by atoms with van der Waals surface area (Å²) in [5, 5.41) is 4.10. The monoisotopic (exact) mass is 547 g/mol. The summed E-state index contributed by atoms with van der Waals surface area (Å²) in [6.07, 6.45) is 1.23. The van der Waals surface area contributed by atoms with E-state index < -0.39 is 29.0 Å². The van der Waals surface area contributed by atoms with Gasteiger partial charge in [0.1, 0.15) is 39.2 Å². The van der Waals surface area contributed by atoms with Gasteiger partial charge in [0.2, 0.25) is 4.91 Å². The van der Waals surface area contributed by atoms with Crippen molar-refractivity contribution in [1.82, 2.24) is 9.90 Å². The fraction of sp³-hybridized carbons (Fsp3) is 0.704. The highest BCUT2D eigenvalue weighted by atomic mass is 16.6. The van der Waals surface area contributed by atoms with Crippen molar-refractivity contribution in [3.63, 3.8) is 0 Å². The Morgan fingerprint density at radius 2 is 1.54 bits per heavy atom. The number of hydrogen-bond donors (Lipinski definition) is 1. The SMILES string of the molecule is C[C@H]1CN(c2ccncc2N(C(=O)OC(C)(C)C)C(=O)OC(C)(C)C)C[C@@H](CC(=O)OC(C)(C)C)[C@H]1N=[N+]=N. The van der Waals surface area contributed by atoms with Gasteiger partial charge in [-0.25, -0.2) is 9.59 Å². The van der Waals surface area contributed by atoms with Crippen molar-refractivity contribution in [2.45, 2.75) is 98.5 Å². The van der Waals surface area contributed by atoms with Gasteiger partial charge in [-0.05, 0) is 68.4 Å². The summed E-state index contributed by atoms with van der Waals surface area (Å²) in [5.74, 6) is -0.834. The molecule has 3 atom stereocenters. The van der Waals surface area contributed by atoms with E-state index in [4.69, 9.17) is 19.7 Å². The van der Waals surface area contributed by atoms with E-state index in [1.165, 1.54) is 6.20 Å². The Morgan fingerprint density at radius 3 is 2.03 bits per heavy atom. The zero-order chi connectivity index (χ0) is 29.8. The maximum atomic E-state index is 13.3. The van der Waals surface area contributed by atoms with E-state index in [-0.39, 0.29) is 36.0 Å². The van der Waals surface area contributed by atoms with Crippen LogP contribution in [0.2, 0.25) is 0 Å². The molecule has 1 aliphatic rings. The first kappa shape index (κ1) is 31.7. The molecule has 12 nitrogen and oxygen atoms in total. The summed E-state index contributed by atoms with van der Waals surface area (Å²) in [4.78, 5) is 49.6. The Kier molecular flexibility index (Phi) is 9.84. The average Bonchev–Trinajstić information content (AvgIpc) is 2.72. The third-order valence-corrected chi connectivity index (χ3v) is 5.58. The zero-order valence-electron chi connectivity index (χ0n) is 24.8. The molecule has 0 bridgehead atoms. The van der Waals surface area contributed by atoms with E-state index in [0.717, 1.165) is 4.90 Å². The minimum absolute atomic E-state index is 0.0596. The maximum absolute atomic E-state index is 13.3. The molecule has 0 saturated carbocycles. The molecule has 2 heterocycles. The van der Waals surface area contributed by atoms with E-state index in [0.29, 0.717) is 18.8 Å². The summed E-state index contributed by atoms with van der Waals surface area (Å²) >= 11 is 0. The van der Waals surface area contributed by atoms with Crippen LogP contribution >= 0.6 is 0 Å². The highest BCUT2D eigenvalue weighted by molar-refractivity contribution is 6.11. The standard InChI is InChI=1S/C27H43N6O6/c1-17-15-32(16-18(22(17)30-31-28)13-21(34)37-25(2,3)4)19-11-12-29-14-20(19)33(23(35)38-26(5,6)7)24(36)39-27(8,9)10/h11-12,14,17-18,22,28H,13,15-16H2,1-10H3/q+1/t17-,18+,22-/m0/s1. The van der Waals surface area contributed by atoms with Crippen LogP contribution in [0.15, 0.2) is 23.6 Å². The molecule has 1 saturated heterocycles. The molecule has 216 valence electrons. The van der Waals surface area contributed by atoms with Gasteiger partial charge in [0.05, 0.1) is 18.3 Å². The molecule has 12 heteroatoms. The van der Waals surface area contributed by atoms with Crippen LogP contribution in [0.25, 0.3) is 0 Å². The molecule has 1 aliphatic heterocycles. The normalized spacial score (nSPS) is 19.9. The van der Waals surface area contributed by atoms with Gasteiger partial charge in [0, 0.05) is 31.1 Å². The highest BCUT2D eigenvalue weighted by Gasteiger charge is 2.42. The second-order valence-corrected chi connectivity index (χ2v) is 12.8. The van der Waals surface area contributed by atoms with Gasteiger partial charge in [-0.1, -0.05) is 6.92 Å². The molecular weight excluding hydrogens is 504 g/mol. The lowest BCUT2D eigenvalue weighted by molar-refractivity contribution is -0.156. The molecule has 1 N–H and O–H groups in total. The Hall–Kier alpha value is -3.53. The largest absolute Gasteiger partial charge is 0.460 e. The number of ether oxygens (including phenoxy) is 3. The van der Waals surface area contributed by atoms with Crippen molar-refractivity contribution in [2.75, 3.05) is 22.9 Å². The van der Waals surface area contributed by atoms with E-state index in [1.54, 1.807) is 74.6 Å². The Labute approximate surface area is 230 Å². The molecule has 0 spiro atoms. The lowest BCUT2D eigenvalue weighted by Crippen LogP contribution is -2.50. The summed E-state index contributed by atoms with van der Waals surface area (Å²) < 4.78 is 16.6. The van der Waals surface area contributed by atoms with Gasteiger partial charge in [-0.3, -0.25) is 9.78 Å². The second kappa shape index (κ2) is 12.1. The summed E-state index contributed by atoms with van der Waals surface area (Å²) in [7, 11) is 0. The first-order valence-electron chi connectivity index (χ1n) is 13.0. The van der Waals surface area contributed by atoms with Crippen LogP contribution in [0.4, 0.5) is 21.0 Å². The number of hydrogen-bond acceptors (Lipinski definition) is 10. The van der Waals surface area contributed by atoms with E-state index in [1.807, 2.05) is 11.8 Å². The van der Waals surface area contributed by atoms with Gasteiger partial charge >= 0.3 is 18.2 Å². The fourth-order valence-corrected chi connectivity index (χ4v) is 4.34. The number of pyridine rings is 1. The zero-order valence-corrected chi connectivity index (χ0v) is 24.8. The summed E-state index contributed by atoms with van der Waals surface area (Å²) in [6, 6.07) is 1.31. The number of aromatic nitrogens is 1. The van der Waals surface area contributed by atoms with Crippen molar-refractivity contribution in [2.24, 2.45) is 17.0 Å². The lowest BCUT2D eigenvalue weighted by atomic mass is 9.83. The van der Waals surface area contributed by atoms with Crippen molar-refractivity contribution < 1.29 is 28.6 Å². The third kappa shape index (κ3) is 9.62. The van der Waals surface area contributed by atoms with E-state index in [2.05, 4.69) is 15.0 Å². The number of rotatable bonds is 5. The Morgan fingerprint density at radius 1 is 1.00 bits per heavy atom. The van der Waals surface area contributed by atoms with E-state index >= 15 is 0 Å². The van der Waals surface area contributed by atoms with Crippen molar-refractivity contribution in [3.8, 4) is 0 Å². The number of esters is 1. The van der Waals surface area contributed by atoms with Gasteiger partial charge < -0.3 is 19.1 Å². The van der Waals surface area contributed by atoms with Crippen LogP contribution in [0.5, 0.6) is 0 Å². The number of amides is 2. The van der Waals surface area contributed by atoms with Gasteiger partial charge in [-0.2, -0.15) is 4.90 Å². The first-order chi connectivity index (χ1) is 17.8. The van der Waals surface area contributed by atoms with Crippen molar-refractivity contribution in [3.05, 3.63) is 18.5 Å². The molecule has 39 heavy (non-hydrogen) atoms. The molecule has 2 amide bonds. The molecule has 2 rings (SSSR count). The third-order valence-electron chi connectivity index (χ3n) is 5.58. The number of anilines is 2. The molecule has 0 radical (unpaired) electrons.